The molecule has 0 fully saturated rings. The van der Waals surface area contributed by atoms with E-state index in [-0.39, 0.29) is 11.6 Å². The lowest BCUT2D eigenvalue weighted by Crippen LogP contribution is -2.32. The highest BCUT2D eigenvalue weighted by molar-refractivity contribution is 7.22. The molecule has 0 aliphatic heterocycles. The molecule has 0 unspecified atom stereocenters. The number of rotatable bonds is 8. The molecule has 0 N–H and O–H groups in total. The van der Waals surface area contributed by atoms with E-state index in [1.54, 1.807) is 23.1 Å². The van der Waals surface area contributed by atoms with Crippen molar-refractivity contribution in [2.24, 2.45) is 0 Å². The SMILES string of the molecule is Cc1ccc2nc(N(CCCN(C)C)C(=O)C=Cc3cccc([N+](=O)[O-])c3)sc2c1. The number of benzene rings is 2. The molecule has 0 spiro atoms. The van der Waals surface area contributed by atoms with Crippen LogP contribution in [0, 0.1) is 17.0 Å². The first-order valence-corrected chi connectivity index (χ1v) is 10.4. The van der Waals surface area contributed by atoms with Crippen molar-refractivity contribution >= 4 is 44.4 Å². The molecule has 0 saturated carbocycles. The van der Waals surface area contributed by atoms with Gasteiger partial charge in [-0.3, -0.25) is 19.8 Å². The lowest BCUT2D eigenvalue weighted by atomic mass is 10.2. The number of anilines is 1. The number of nitro groups is 1. The van der Waals surface area contributed by atoms with Gasteiger partial charge in [-0.2, -0.15) is 0 Å². The Morgan fingerprint density at radius 1 is 1.20 bits per heavy atom. The molecule has 8 heteroatoms. The van der Waals surface area contributed by atoms with E-state index in [0.717, 1.165) is 28.7 Å². The van der Waals surface area contributed by atoms with Gasteiger partial charge < -0.3 is 4.90 Å². The first-order chi connectivity index (χ1) is 14.3. The van der Waals surface area contributed by atoms with E-state index < -0.39 is 4.92 Å². The van der Waals surface area contributed by atoms with Crippen LogP contribution in [0.1, 0.15) is 17.5 Å². The van der Waals surface area contributed by atoms with Crippen molar-refractivity contribution in [3.63, 3.8) is 0 Å². The van der Waals surface area contributed by atoms with Crippen LogP contribution in [0.2, 0.25) is 0 Å². The van der Waals surface area contributed by atoms with Crippen molar-refractivity contribution in [1.82, 2.24) is 9.88 Å². The van der Waals surface area contributed by atoms with Crippen LogP contribution in [-0.4, -0.2) is 47.9 Å². The van der Waals surface area contributed by atoms with E-state index in [0.29, 0.717) is 17.2 Å². The molecule has 1 aromatic heterocycles. The first-order valence-electron chi connectivity index (χ1n) is 9.59. The molecule has 3 rings (SSSR count). The Morgan fingerprint density at radius 3 is 2.73 bits per heavy atom. The topological polar surface area (TPSA) is 79.6 Å². The standard InChI is InChI=1S/C22H24N4O3S/c1-16-8-10-19-20(14-16)30-22(23-19)25(13-5-12-24(2)3)21(27)11-9-17-6-4-7-18(15-17)26(28)29/h4,6-11,14-15H,5,12-13H2,1-3H3. The molecule has 30 heavy (non-hydrogen) atoms. The van der Waals surface area contributed by atoms with Gasteiger partial charge in [0.05, 0.1) is 15.1 Å². The summed E-state index contributed by atoms with van der Waals surface area (Å²) in [5, 5.41) is 11.6. The highest BCUT2D eigenvalue weighted by Crippen LogP contribution is 2.30. The third kappa shape index (κ3) is 5.49. The highest BCUT2D eigenvalue weighted by Gasteiger charge is 2.18. The zero-order chi connectivity index (χ0) is 21.7. The van der Waals surface area contributed by atoms with Crippen LogP contribution in [0.3, 0.4) is 0 Å². The minimum atomic E-state index is -0.449. The number of hydrogen-bond acceptors (Lipinski definition) is 6. The van der Waals surface area contributed by atoms with E-state index in [2.05, 4.69) is 16.0 Å². The highest BCUT2D eigenvalue weighted by atomic mass is 32.1. The number of nitrogens with zero attached hydrogens (tertiary/aromatic N) is 4. The molecule has 1 amide bonds. The number of thiazole rings is 1. The zero-order valence-corrected chi connectivity index (χ0v) is 18.1. The fourth-order valence-corrected chi connectivity index (χ4v) is 4.08. The smallest absolute Gasteiger partial charge is 0.270 e. The quantitative estimate of drug-likeness (QED) is 0.302. The van der Waals surface area contributed by atoms with Crippen molar-refractivity contribution in [3.8, 4) is 0 Å². The molecule has 0 aliphatic rings. The largest absolute Gasteiger partial charge is 0.309 e. The van der Waals surface area contributed by atoms with E-state index in [9.17, 15) is 14.9 Å². The maximum absolute atomic E-state index is 13.0. The van der Waals surface area contributed by atoms with Crippen LogP contribution in [0.25, 0.3) is 16.3 Å². The predicted molar refractivity (Wildman–Crippen MR) is 122 cm³/mol. The van der Waals surface area contributed by atoms with Gasteiger partial charge in [-0.25, -0.2) is 4.98 Å². The molecule has 0 aliphatic carbocycles. The summed E-state index contributed by atoms with van der Waals surface area (Å²) >= 11 is 1.49. The van der Waals surface area contributed by atoms with Gasteiger partial charge in [0.2, 0.25) is 0 Å². The number of non-ortho nitro benzene ring substituents is 1. The third-order valence-corrected chi connectivity index (χ3v) is 5.56. The van der Waals surface area contributed by atoms with Gasteiger partial charge in [0.25, 0.3) is 11.6 Å². The van der Waals surface area contributed by atoms with E-state index in [1.807, 2.05) is 33.2 Å². The molecule has 1 heterocycles. The Hall–Kier alpha value is -3.10. The van der Waals surface area contributed by atoms with E-state index >= 15 is 0 Å². The Labute approximate surface area is 179 Å². The van der Waals surface area contributed by atoms with Crippen molar-refractivity contribution in [2.45, 2.75) is 13.3 Å². The van der Waals surface area contributed by atoms with Crippen molar-refractivity contribution in [1.29, 1.82) is 0 Å². The zero-order valence-electron chi connectivity index (χ0n) is 17.2. The van der Waals surface area contributed by atoms with Gasteiger partial charge in [-0.05, 0) is 63.3 Å². The normalized spacial score (nSPS) is 11.5. The summed E-state index contributed by atoms with van der Waals surface area (Å²) in [5.74, 6) is -0.198. The van der Waals surface area contributed by atoms with Gasteiger partial charge in [-0.15, -0.1) is 0 Å². The molecule has 2 aromatic carbocycles. The number of aromatic nitrogens is 1. The predicted octanol–water partition coefficient (Wildman–Crippen LogP) is 4.51. The summed E-state index contributed by atoms with van der Waals surface area (Å²) in [6.07, 6.45) is 3.86. The molecule has 0 saturated heterocycles. The van der Waals surface area contributed by atoms with Gasteiger partial charge in [0.15, 0.2) is 5.13 Å². The van der Waals surface area contributed by atoms with Crippen LogP contribution in [0.4, 0.5) is 10.8 Å². The van der Waals surface area contributed by atoms with E-state index in [4.69, 9.17) is 0 Å². The number of carbonyl (C=O) groups is 1. The molecular weight excluding hydrogens is 400 g/mol. The molecule has 0 atom stereocenters. The van der Waals surface area contributed by atoms with Crippen molar-refractivity contribution in [3.05, 3.63) is 69.8 Å². The Kier molecular flexibility index (Phi) is 6.91. The summed E-state index contributed by atoms with van der Waals surface area (Å²) in [6, 6.07) is 12.2. The van der Waals surface area contributed by atoms with Crippen LogP contribution in [0.15, 0.2) is 48.5 Å². The fraction of sp³-hybridized carbons (Fsp3) is 0.273. The number of fused-ring (bicyclic) bond motifs is 1. The number of aryl methyl sites for hydroxylation is 1. The first kappa shape index (κ1) is 21.6. The number of hydrogen-bond donors (Lipinski definition) is 0. The maximum Gasteiger partial charge on any atom is 0.270 e. The lowest BCUT2D eigenvalue weighted by Gasteiger charge is -2.19. The van der Waals surface area contributed by atoms with Gasteiger partial charge in [0.1, 0.15) is 0 Å². The molecule has 3 aromatic rings. The number of nitro benzene ring substituents is 1. The lowest BCUT2D eigenvalue weighted by molar-refractivity contribution is -0.384. The molecular formula is C22H24N4O3S. The average Bonchev–Trinajstić information content (AvgIpc) is 3.12. The minimum absolute atomic E-state index is 0.00557. The summed E-state index contributed by atoms with van der Waals surface area (Å²) < 4.78 is 1.04. The molecule has 0 radical (unpaired) electrons. The second kappa shape index (κ2) is 9.60. The number of carbonyl (C=O) groups excluding carboxylic acids is 1. The number of amides is 1. The monoisotopic (exact) mass is 424 g/mol. The summed E-state index contributed by atoms with van der Waals surface area (Å²) in [6.45, 7) is 3.41. The van der Waals surface area contributed by atoms with Gasteiger partial charge in [-0.1, -0.05) is 29.5 Å². The van der Waals surface area contributed by atoms with E-state index in [1.165, 1.54) is 29.5 Å². The minimum Gasteiger partial charge on any atom is -0.309 e. The molecule has 7 nitrogen and oxygen atoms in total. The van der Waals surface area contributed by atoms with Crippen molar-refractivity contribution in [2.75, 3.05) is 32.1 Å². The van der Waals surface area contributed by atoms with Gasteiger partial charge >= 0.3 is 0 Å². The summed E-state index contributed by atoms with van der Waals surface area (Å²) in [5.41, 5.74) is 2.61. The summed E-state index contributed by atoms with van der Waals surface area (Å²) in [7, 11) is 3.99. The van der Waals surface area contributed by atoms with Crippen LogP contribution in [0.5, 0.6) is 0 Å². The maximum atomic E-state index is 13.0. The Morgan fingerprint density at radius 2 is 2.00 bits per heavy atom. The molecule has 156 valence electrons. The second-order valence-corrected chi connectivity index (χ2v) is 8.31. The third-order valence-electron chi connectivity index (χ3n) is 4.52. The fourth-order valence-electron chi connectivity index (χ4n) is 2.98. The van der Waals surface area contributed by atoms with Crippen LogP contribution in [-0.2, 0) is 4.79 Å². The van der Waals surface area contributed by atoms with Crippen molar-refractivity contribution < 1.29 is 9.72 Å². The molecule has 0 bridgehead atoms. The van der Waals surface area contributed by atoms with Crippen LogP contribution >= 0.6 is 11.3 Å². The van der Waals surface area contributed by atoms with Gasteiger partial charge in [0, 0.05) is 24.8 Å². The second-order valence-electron chi connectivity index (χ2n) is 7.30. The Balaban J connectivity index is 1.85. The summed E-state index contributed by atoms with van der Waals surface area (Å²) in [4.78, 5) is 31.9. The Bertz CT molecular complexity index is 1090. The average molecular weight is 425 g/mol. The van der Waals surface area contributed by atoms with Crippen LogP contribution < -0.4 is 4.90 Å².